The van der Waals surface area contributed by atoms with Crippen molar-refractivity contribution in [2.75, 3.05) is 6.54 Å². The molecule has 100 valence electrons. The van der Waals surface area contributed by atoms with E-state index >= 15 is 0 Å². The highest BCUT2D eigenvalue weighted by atomic mass is 79.9. The zero-order valence-electron chi connectivity index (χ0n) is 10.5. The van der Waals surface area contributed by atoms with E-state index < -0.39 is 12.0 Å². The van der Waals surface area contributed by atoms with Crippen molar-refractivity contribution < 1.29 is 15.0 Å². The van der Waals surface area contributed by atoms with Crippen molar-refractivity contribution in [1.82, 2.24) is 5.32 Å². The first kappa shape index (κ1) is 15.0. The Labute approximate surface area is 115 Å². The van der Waals surface area contributed by atoms with Crippen LogP contribution in [0.5, 0.6) is 5.75 Å². The SMILES string of the molecule is CC(C)CC(O)CNC(=O)c1cc(Br)ccc1O. The number of hydrogen-bond acceptors (Lipinski definition) is 3. The summed E-state index contributed by atoms with van der Waals surface area (Å²) in [5.74, 6) is -0.0955. The molecule has 0 bridgehead atoms. The van der Waals surface area contributed by atoms with Crippen molar-refractivity contribution in [3.63, 3.8) is 0 Å². The summed E-state index contributed by atoms with van der Waals surface area (Å²) in [6.07, 6.45) is 0.0633. The summed E-state index contributed by atoms with van der Waals surface area (Å²) in [5, 5.41) is 21.8. The third-order valence-electron chi connectivity index (χ3n) is 2.44. The molecule has 1 aromatic carbocycles. The average Bonchev–Trinajstić information content (AvgIpc) is 2.28. The molecule has 0 aliphatic heterocycles. The van der Waals surface area contributed by atoms with E-state index in [1.54, 1.807) is 12.1 Å². The molecule has 5 heteroatoms. The highest BCUT2D eigenvalue weighted by Crippen LogP contribution is 2.21. The van der Waals surface area contributed by atoms with E-state index in [-0.39, 0.29) is 17.9 Å². The lowest BCUT2D eigenvalue weighted by Crippen LogP contribution is -2.32. The van der Waals surface area contributed by atoms with Gasteiger partial charge in [0.15, 0.2) is 0 Å². The monoisotopic (exact) mass is 315 g/mol. The largest absolute Gasteiger partial charge is 0.507 e. The fraction of sp³-hybridized carbons (Fsp3) is 0.462. The van der Waals surface area contributed by atoms with Crippen LogP contribution in [0.4, 0.5) is 0 Å². The Hall–Kier alpha value is -1.07. The lowest BCUT2D eigenvalue weighted by atomic mass is 10.1. The van der Waals surface area contributed by atoms with Crippen molar-refractivity contribution >= 4 is 21.8 Å². The van der Waals surface area contributed by atoms with E-state index in [0.29, 0.717) is 16.8 Å². The first-order valence-corrected chi connectivity index (χ1v) is 6.64. The van der Waals surface area contributed by atoms with Gasteiger partial charge in [-0.15, -0.1) is 0 Å². The van der Waals surface area contributed by atoms with Crippen molar-refractivity contribution in [1.29, 1.82) is 0 Å². The predicted octanol–water partition coefficient (Wildman–Crippen LogP) is 2.29. The molecular formula is C13H18BrNO3. The third kappa shape index (κ3) is 4.66. The van der Waals surface area contributed by atoms with Gasteiger partial charge in [0.25, 0.3) is 5.91 Å². The van der Waals surface area contributed by atoms with Crippen LogP contribution in [0.25, 0.3) is 0 Å². The highest BCUT2D eigenvalue weighted by molar-refractivity contribution is 9.10. The van der Waals surface area contributed by atoms with Gasteiger partial charge in [0, 0.05) is 11.0 Å². The summed E-state index contributed by atoms with van der Waals surface area (Å²) in [5.41, 5.74) is 0.195. The maximum Gasteiger partial charge on any atom is 0.255 e. The number of phenolic OH excluding ortho intramolecular Hbond substituents is 1. The van der Waals surface area contributed by atoms with E-state index in [9.17, 15) is 15.0 Å². The number of carbonyl (C=O) groups excluding carboxylic acids is 1. The summed E-state index contributed by atoms with van der Waals surface area (Å²) < 4.78 is 0.716. The Balaban J connectivity index is 2.58. The second kappa shape index (κ2) is 6.75. The molecule has 18 heavy (non-hydrogen) atoms. The fourth-order valence-electron chi connectivity index (χ4n) is 1.62. The predicted molar refractivity (Wildman–Crippen MR) is 73.6 cm³/mol. The quantitative estimate of drug-likeness (QED) is 0.781. The Morgan fingerprint density at radius 1 is 1.44 bits per heavy atom. The summed E-state index contributed by atoms with van der Waals surface area (Å²) in [4.78, 5) is 11.8. The number of nitrogens with one attached hydrogen (secondary N) is 1. The number of aliphatic hydroxyl groups is 1. The van der Waals surface area contributed by atoms with E-state index in [0.717, 1.165) is 0 Å². The van der Waals surface area contributed by atoms with E-state index in [1.807, 2.05) is 13.8 Å². The van der Waals surface area contributed by atoms with Crippen LogP contribution in [0.1, 0.15) is 30.6 Å². The second-order valence-electron chi connectivity index (χ2n) is 4.65. The fourth-order valence-corrected chi connectivity index (χ4v) is 1.98. The number of aliphatic hydroxyl groups excluding tert-OH is 1. The van der Waals surface area contributed by atoms with Gasteiger partial charge < -0.3 is 15.5 Å². The molecule has 0 fully saturated rings. The van der Waals surface area contributed by atoms with Gasteiger partial charge in [-0.25, -0.2) is 0 Å². The number of phenols is 1. The lowest BCUT2D eigenvalue weighted by molar-refractivity contribution is 0.0897. The molecule has 0 saturated heterocycles. The van der Waals surface area contributed by atoms with E-state index in [1.165, 1.54) is 6.07 Å². The summed E-state index contributed by atoms with van der Waals surface area (Å²) in [6, 6.07) is 4.64. The molecule has 1 atom stereocenters. The van der Waals surface area contributed by atoms with Gasteiger partial charge in [0.1, 0.15) is 5.75 Å². The first-order valence-electron chi connectivity index (χ1n) is 5.85. The number of benzene rings is 1. The van der Waals surface area contributed by atoms with Crippen molar-refractivity contribution in [3.8, 4) is 5.75 Å². The van der Waals surface area contributed by atoms with Crippen molar-refractivity contribution in [2.24, 2.45) is 5.92 Å². The maximum atomic E-state index is 11.8. The van der Waals surface area contributed by atoms with Gasteiger partial charge in [-0.2, -0.15) is 0 Å². The number of halogens is 1. The Morgan fingerprint density at radius 2 is 2.11 bits per heavy atom. The van der Waals surface area contributed by atoms with Gasteiger partial charge in [-0.3, -0.25) is 4.79 Å². The Bertz CT molecular complexity index is 421. The molecule has 1 amide bonds. The third-order valence-corrected chi connectivity index (χ3v) is 2.94. The maximum absolute atomic E-state index is 11.8. The zero-order chi connectivity index (χ0) is 13.7. The molecule has 0 aromatic heterocycles. The van der Waals surface area contributed by atoms with Gasteiger partial charge in [-0.1, -0.05) is 29.8 Å². The number of rotatable bonds is 5. The standard InChI is InChI=1S/C13H18BrNO3/c1-8(2)5-10(16)7-15-13(18)11-6-9(14)3-4-12(11)17/h3-4,6,8,10,16-17H,5,7H2,1-2H3,(H,15,18). The molecule has 1 aromatic rings. The number of amides is 1. The smallest absolute Gasteiger partial charge is 0.255 e. The molecular weight excluding hydrogens is 298 g/mol. The highest BCUT2D eigenvalue weighted by Gasteiger charge is 2.13. The first-order chi connectivity index (χ1) is 8.40. The molecule has 0 radical (unpaired) electrons. The van der Waals surface area contributed by atoms with Crippen molar-refractivity contribution in [2.45, 2.75) is 26.4 Å². The average molecular weight is 316 g/mol. The van der Waals surface area contributed by atoms with Crippen LogP contribution in [0.3, 0.4) is 0 Å². The summed E-state index contributed by atoms with van der Waals surface area (Å²) >= 11 is 3.24. The molecule has 1 rings (SSSR count). The Morgan fingerprint density at radius 3 is 2.72 bits per heavy atom. The lowest BCUT2D eigenvalue weighted by Gasteiger charge is -2.14. The number of hydrogen-bond donors (Lipinski definition) is 3. The molecule has 3 N–H and O–H groups in total. The molecule has 0 aliphatic rings. The summed E-state index contributed by atoms with van der Waals surface area (Å²) in [7, 11) is 0. The van der Waals surface area contributed by atoms with Crippen LogP contribution in [-0.4, -0.2) is 28.8 Å². The van der Waals surface area contributed by atoms with Crippen LogP contribution in [0.15, 0.2) is 22.7 Å². The van der Waals surface area contributed by atoms with Crippen LogP contribution in [-0.2, 0) is 0 Å². The van der Waals surface area contributed by atoms with Gasteiger partial charge in [0.05, 0.1) is 11.7 Å². The minimum atomic E-state index is -0.566. The van der Waals surface area contributed by atoms with Gasteiger partial charge in [0.2, 0.25) is 0 Å². The number of carbonyl (C=O) groups is 1. The minimum absolute atomic E-state index is 0.0750. The van der Waals surface area contributed by atoms with Crippen LogP contribution in [0.2, 0.25) is 0 Å². The van der Waals surface area contributed by atoms with E-state index in [2.05, 4.69) is 21.2 Å². The molecule has 4 nitrogen and oxygen atoms in total. The zero-order valence-corrected chi connectivity index (χ0v) is 12.1. The topological polar surface area (TPSA) is 69.6 Å². The van der Waals surface area contributed by atoms with Crippen molar-refractivity contribution in [3.05, 3.63) is 28.2 Å². The molecule has 0 aliphatic carbocycles. The van der Waals surface area contributed by atoms with E-state index in [4.69, 9.17) is 0 Å². The van der Waals surface area contributed by atoms with Gasteiger partial charge in [-0.05, 0) is 30.5 Å². The molecule has 1 unspecified atom stereocenters. The van der Waals surface area contributed by atoms with Crippen LogP contribution in [0, 0.1) is 5.92 Å². The summed E-state index contributed by atoms with van der Waals surface area (Å²) in [6.45, 7) is 4.19. The normalized spacial score (nSPS) is 12.5. The van der Waals surface area contributed by atoms with Crippen LogP contribution >= 0.6 is 15.9 Å². The number of aromatic hydroxyl groups is 1. The van der Waals surface area contributed by atoms with Crippen LogP contribution < -0.4 is 5.32 Å². The Kier molecular flexibility index (Phi) is 5.62. The molecule has 0 saturated carbocycles. The second-order valence-corrected chi connectivity index (χ2v) is 5.57. The van der Waals surface area contributed by atoms with Gasteiger partial charge >= 0.3 is 0 Å². The molecule has 0 spiro atoms. The molecule has 0 heterocycles. The minimum Gasteiger partial charge on any atom is -0.507 e.